The first kappa shape index (κ1) is 13.2. The van der Waals surface area contributed by atoms with Gasteiger partial charge in [0.1, 0.15) is 11.5 Å². The molecule has 3 rings (SSSR count). The molecule has 3 nitrogen and oxygen atoms in total. The van der Waals surface area contributed by atoms with Crippen molar-refractivity contribution in [2.75, 3.05) is 6.61 Å². The molecule has 1 atom stereocenters. The second-order valence-corrected chi connectivity index (χ2v) is 6.30. The standard InChI is InChI=1S/C14H13Br2NO2/c15-10-5-8-3-4-18-14(8)9(6-10)7-11(17)12-1-2-13(16)19-12/h1-2,5-6,11H,3-4,7,17H2. The number of rotatable bonds is 3. The third kappa shape index (κ3) is 2.73. The Morgan fingerprint density at radius 2 is 2.11 bits per heavy atom. The quantitative estimate of drug-likeness (QED) is 0.867. The van der Waals surface area contributed by atoms with Gasteiger partial charge in [0.15, 0.2) is 4.67 Å². The molecule has 0 saturated carbocycles. The summed E-state index contributed by atoms with van der Waals surface area (Å²) in [5, 5.41) is 0. The third-order valence-electron chi connectivity index (χ3n) is 3.22. The maximum atomic E-state index is 6.20. The number of nitrogens with two attached hydrogens (primary N) is 1. The first-order valence-electron chi connectivity index (χ1n) is 6.08. The van der Waals surface area contributed by atoms with Crippen LogP contribution in [0.25, 0.3) is 0 Å². The van der Waals surface area contributed by atoms with E-state index in [1.807, 2.05) is 12.1 Å². The molecule has 5 heteroatoms. The Labute approximate surface area is 128 Å². The van der Waals surface area contributed by atoms with Gasteiger partial charge in [-0.05, 0) is 57.7 Å². The van der Waals surface area contributed by atoms with Crippen molar-refractivity contribution >= 4 is 31.9 Å². The Hall–Kier alpha value is -0.780. The summed E-state index contributed by atoms with van der Waals surface area (Å²) < 4.78 is 13.0. The summed E-state index contributed by atoms with van der Waals surface area (Å²) in [6.07, 6.45) is 1.66. The zero-order chi connectivity index (χ0) is 13.4. The molecular formula is C14H13Br2NO2. The third-order valence-corrected chi connectivity index (χ3v) is 4.11. The number of furan rings is 1. The molecule has 0 amide bonds. The van der Waals surface area contributed by atoms with Crippen LogP contribution in [0.1, 0.15) is 22.9 Å². The Kier molecular flexibility index (Phi) is 3.69. The average molecular weight is 387 g/mol. The van der Waals surface area contributed by atoms with E-state index in [1.165, 1.54) is 5.56 Å². The van der Waals surface area contributed by atoms with Gasteiger partial charge in [0.05, 0.1) is 12.6 Å². The number of halogens is 2. The Morgan fingerprint density at radius 1 is 1.26 bits per heavy atom. The SMILES string of the molecule is NC(Cc1cc(Br)cc2c1OCC2)c1ccc(Br)o1. The van der Waals surface area contributed by atoms with E-state index in [0.29, 0.717) is 11.1 Å². The van der Waals surface area contributed by atoms with Crippen molar-refractivity contribution in [3.8, 4) is 5.75 Å². The van der Waals surface area contributed by atoms with E-state index in [2.05, 4.69) is 44.0 Å². The molecule has 1 unspecified atom stereocenters. The van der Waals surface area contributed by atoms with Crippen LogP contribution in [0.3, 0.4) is 0 Å². The van der Waals surface area contributed by atoms with Crippen molar-refractivity contribution in [3.05, 3.63) is 50.3 Å². The number of benzene rings is 1. The fourth-order valence-electron chi connectivity index (χ4n) is 2.36. The molecular weight excluding hydrogens is 374 g/mol. The summed E-state index contributed by atoms with van der Waals surface area (Å²) in [6, 6.07) is 7.77. The summed E-state index contributed by atoms with van der Waals surface area (Å²) in [4.78, 5) is 0. The Balaban J connectivity index is 1.87. The predicted molar refractivity (Wildman–Crippen MR) is 80.4 cm³/mol. The molecule has 2 heterocycles. The largest absolute Gasteiger partial charge is 0.493 e. The van der Waals surface area contributed by atoms with E-state index in [4.69, 9.17) is 14.9 Å². The van der Waals surface area contributed by atoms with Gasteiger partial charge in [-0.1, -0.05) is 15.9 Å². The van der Waals surface area contributed by atoms with Gasteiger partial charge < -0.3 is 14.9 Å². The predicted octanol–water partition coefficient (Wildman–Crippen LogP) is 3.98. The number of hydrogen-bond acceptors (Lipinski definition) is 3. The van der Waals surface area contributed by atoms with E-state index in [9.17, 15) is 0 Å². The van der Waals surface area contributed by atoms with Crippen molar-refractivity contribution in [3.63, 3.8) is 0 Å². The molecule has 1 aromatic heterocycles. The summed E-state index contributed by atoms with van der Waals surface area (Å²) in [5.41, 5.74) is 8.57. The van der Waals surface area contributed by atoms with Gasteiger partial charge in [-0.25, -0.2) is 0 Å². The molecule has 0 aliphatic carbocycles. The minimum absolute atomic E-state index is 0.172. The van der Waals surface area contributed by atoms with Crippen LogP contribution in [0.2, 0.25) is 0 Å². The lowest BCUT2D eigenvalue weighted by molar-refractivity contribution is 0.351. The summed E-state index contributed by atoms with van der Waals surface area (Å²) >= 11 is 6.83. The Morgan fingerprint density at radius 3 is 2.84 bits per heavy atom. The lowest BCUT2D eigenvalue weighted by Gasteiger charge is -2.13. The van der Waals surface area contributed by atoms with Crippen LogP contribution < -0.4 is 10.5 Å². The Bertz CT molecular complexity index is 609. The fraction of sp³-hybridized carbons (Fsp3) is 0.286. The smallest absolute Gasteiger partial charge is 0.169 e. The van der Waals surface area contributed by atoms with Gasteiger partial charge >= 0.3 is 0 Å². The maximum absolute atomic E-state index is 6.20. The van der Waals surface area contributed by atoms with Crippen LogP contribution in [-0.4, -0.2) is 6.61 Å². The van der Waals surface area contributed by atoms with Crippen LogP contribution >= 0.6 is 31.9 Å². The summed E-state index contributed by atoms with van der Waals surface area (Å²) in [6.45, 7) is 0.750. The monoisotopic (exact) mass is 385 g/mol. The van der Waals surface area contributed by atoms with Crippen molar-refractivity contribution in [1.82, 2.24) is 0 Å². The second-order valence-electron chi connectivity index (χ2n) is 4.60. The van der Waals surface area contributed by atoms with Gasteiger partial charge in [0, 0.05) is 10.9 Å². The highest BCUT2D eigenvalue weighted by atomic mass is 79.9. The van der Waals surface area contributed by atoms with Crippen molar-refractivity contribution in [2.24, 2.45) is 5.73 Å². The molecule has 0 saturated heterocycles. The molecule has 2 N–H and O–H groups in total. The molecule has 0 bridgehead atoms. The molecule has 0 spiro atoms. The topological polar surface area (TPSA) is 48.4 Å². The van der Waals surface area contributed by atoms with E-state index >= 15 is 0 Å². The van der Waals surface area contributed by atoms with E-state index in [0.717, 1.165) is 34.6 Å². The maximum Gasteiger partial charge on any atom is 0.169 e. The lowest BCUT2D eigenvalue weighted by atomic mass is 10.0. The van der Waals surface area contributed by atoms with Crippen LogP contribution in [0.15, 0.2) is 37.8 Å². The molecule has 19 heavy (non-hydrogen) atoms. The normalized spacial score (nSPS) is 15.1. The van der Waals surface area contributed by atoms with E-state index in [1.54, 1.807) is 0 Å². The minimum Gasteiger partial charge on any atom is -0.493 e. The fourth-order valence-corrected chi connectivity index (χ4v) is 3.23. The highest BCUT2D eigenvalue weighted by Gasteiger charge is 2.20. The summed E-state index contributed by atoms with van der Waals surface area (Å²) in [5.74, 6) is 1.77. The molecule has 100 valence electrons. The van der Waals surface area contributed by atoms with Crippen molar-refractivity contribution in [1.29, 1.82) is 0 Å². The van der Waals surface area contributed by atoms with Crippen LogP contribution in [-0.2, 0) is 12.8 Å². The van der Waals surface area contributed by atoms with E-state index in [-0.39, 0.29) is 6.04 Å². The highest BCUT2D eigenvalue weighted by molar-refractivity contribution is 9.10. The van der Waals surface area contributed by atoms with Crippen LogP contribution in [0.5, 0.6) is 5.75 Å². The summed E-state index contributed by atoms with van der Waals surface area (Å²) in [7, 11) is 0. The first-order valence-corrected chi connectivity index (χ1v) is 7.67. The lowest BCUT2D eigenvalue weighted by Crippen LogP contribution is -2.13. The number of ether oxygens (including phenoxy) is 1. The number of fused-ring (bicyclic) bond motifs is 1. The number of hydrogen-bond donors (Lipinski definition) is 1. The van der Waals surface area contributed by atoms with Gasteiger partial charge in [0.2, 0.25) is 0 Å². The second kappa shape index (κ2) is 5.31. The van der Waals surface area contributed by atoms with Gasteiger partial charge in [-0.15, -0.1) is 0 Å². The zero-order valence-electron chi connectivity index (χ0n) is 10.2. The highest BCUT2D eigenvalue weighted by Crippen LogP contribution is 2.35. The van der Waals surface area contributed by atoms with E-state index < -0.39 is 0 Å². The first-order chi connectivity index (χ1) is 9.13. The van der Waals surface area contributed by atoms with Gasteiger partial charge in [0.25, 0.3) is 0 Å². The van der Waals surface area contributed by atoms with Crippen molar-refractivity contribution < 1.29 is 9.15 Å². The molecule has 1 aromatic carbocycles. The molecule has 0 fully saturated rings. The molecule has 0 radical (unpaired) electrons. The molecule has 1 aliphatic heterocycles. The zero-order valence-corrected chi connectivity index (χ0v) is 13.3. The van der Waals surface area contributed by atoms with Crippen LogP contribution in [0, 0.1) is 0 Å². The van der Waals surface area contributed by atoms with Crippen LogP contribution in [0.4, 0.5) is 0 Å². The van der Waals surface area contributed by atoms with Gasteiger partial charge in [-0.2, -0.15) is 0 Å². The van der Waals surface area contributed by atoms with Gasteiger partial charge in [-0.3, -0.25) is 0 Å². The minimum atomic E-state index is -0.172. The average Bonchev–Trinajstić information content (AvgIpc) is 2.97. The van der Waals surface area contributed by atoms with Crippen molar-refractivity contribution in [2.45, 2.75) is 18.9 Å². The molecule has 1 aliphatic rings. The molecule has 2 aromatic rings.